The highest BCUT2D eigenvalue weighted by molar-refractivity contribution is 5.87. The fourth-order valence-electron chi connectivity index (χ4n) is 4.66. The van der Waals surface area contributed by atoms with Crippen LogP contribution in [0.25, 0.3) is 10.8 Å². The number of likely N-dealkylation sites (N-methyl/N-ethyl adjacent to an activating group) is 1. The van der Waals surface area contributed by atoms with Gasteiger partial charge < -0.3 is 10.2 Å². The van der Waals surface area contributed by atoms with Gasteiger partial charge in [-0.05, 0) is 68.3 Å². The van der Waals surface area contributed by atoms with Crippen molar-refractivity contribution in [3.63, 3.8) is 0 Å². The Kier molecular flexibility index (Phi) is 8.29. The topological polar surface area (TPSA) is 35.6 Å². The van der Waals surface area contributed by atoms with Crippen molar-refractivity contribution < 1.29 is 4.79 Å². The minimum absolute atomic E-state index is 0.1000. The zero-order valence-corrected chi connectivity index (χ0v) is 19.1. The van der Waals surface area contributed by atoms with Crippen molar-refractivity contribution in [3.05, 3.63) is 48.0 Å². The molecule has 1 aliphatic rings. The molecule has 1 fully saturated rings. The summed E-state index contributed by atoms with van der Waals surface area (Å²) in [4.78, 5) is 17.4. The molecule has 0 bridgehead atoms. The van der Waals surface area contributed by atoms with E-state index in [2.05, 4.69) is 78.4 Å². The molecular weight excluding hydrogens is 370 g/mol. The Labute approximate surface area is 182 Å². The number of nitrogens with one attached hydrogen (secondary N) is 1. The quantitative estimate of drug-likeness (QED) is 0.630. The van der Waals surface area contributed by atoms with Crippen LogP contribution in [0.2, 0.25) is 0 Å². The molecule has 164 valence electrons. The van der Waals surface area contributed by atoms with E-state index in [1.54, 1.807) is 0 Å². The van der Waals surface area contributed by atoms with Gasteiger partial charge in [-0.2, -0.15) is 0 Å². The average molecular weight is 410 g/mol. The Balaban J connectivity index is 1.79. The van der Waals surface area contributed by atoms with E-state index < -0.39 is 0 Å². The van der Waals surface area contributed by atoms with Gasteiger partial charge in [-0.1, -0.05) is 69.7 Å². The van der Waals surface area contributed by atoms with Gasteiger partial charge in [-0.15, -0.1) is 0 Å². The van der Waals surface area contributed by atoms with E-state index in [1.165, 1.54) is 48.7 Å². The number of hydrogen-bond acceptors (Lipinski definition) is 3. The highest BCUT2D eigenvalue weighted by Gasteiger charge is 2.30. The van der Waals surface area contributed by atoms with Crippen LogP contribution < -0.4 is 5.32 Å². The number of benzene rings is 2. The maximum atomic E-state index is 12.7. The van der Waals surface area contributed by atoms with Crippen molar-refractivity contribution in [2.45, 2.75) is 51.9 Å². The van der Waals surface area contributed by atoms with Gasteiger partial charge in [0.2, 0.25) is 5.91 Å². The van der Waals surface area contributed by atoms with Gasteiger partial charge in [-0.25, -0.2) is 0 Å². The fraction of sp³-hybridized carbons (Fsp3) is 0.577. The number of likely N-dealkylation sites (tertiary alicyclic amines) is 1. The SMILES string of the molecule is CCN(CC)CC(=O)NCC(C)(CCN1CCCCC1)c1cccc2ccccc12. The van der Waals surface area contributed by atoms with E-state index in [0.29, 0.717) is 13.1 Å². The van der Waals surface area contributed by atoms with Crippen molar-refractivity contribution in [1.82, 2.24) is 15.1 Å². The molecule has 30 heavy (non-hydrogen) atoms. The smallest absolute Gasteiger partial charge is 0.234 e. The molecule has 1 atom stereocenters. The maximum Gasteiger partial charge on any atom is 0.234 e. The number of carbonyl (C=O) groups is 1. The number of rotatable bonds is 10. The van der Waals surface area contributed by atoms with Gasteiger partial charge in [0.15, 0.2) is 0 Å². The van der Waals surface area contributed by atoms with Gasteiger partial charge in [0.1, 0.15) is 0 Å². The lowest BCUT2D eigenvalue weighted by Crippen LogP contribution is -2.45. The van der Waals surface area contributed by atoms with Crippen molar-refractivity contribution in [3.8, 4) is 0 Å². The first kappa shape index (κ1) is 22.8. The second-order valence-corrected chi connectivity index (χ2v) is 8.98. The number of hydrogen-bond donors (Lipinski definition) is 1. The number of amides is 1. The van der Waals surface area contributed by atoms with Crippen LogP contribution in [0.5, 0.6) is 0 Å². The zero-order chi connectivity index (χ0) is 21.4. The average Bonchev–Trinajstić information content (AvgIpc) is 2.80. The van der Waals surface area contributed by atoms with Crippen LogP contribution in [0.4, 0.5) is 0 Å². The van der Waals surface area contributed by atoms with E-state index in [4.69, 9.17) is 0 Å². The van der Waals surface area contributed by atoms with Gasteiger partial charge in [0.05, 0.1) is 6.54 Å². The molecule has 3 rings (SSSR count). The third-order valence-electron chi connectivity index (χ3n) is 6.81. The largest absolute Gasteiger partial charge is 0.354 e. The molecule has 0 radical (unpaired) electrons. The summed E-state index contributed by atoms with van der Waals surface area (Å²) >= 11 is 0. The van der Waals surface area contributed by atoms with E-state index in [1.807, 2.05) is 0 Å². The first-order valence-corrected chi connectivity index (χ1v) is 11.8. The molecule has 0 spiro atoms. The number of carbonyl (C=O) groups excluding carboxylic acids is 1. The lowest BCUT2D eigenvalue weighted by Gasteiger charge is -2.35. The molecule has 0 saturated carbocycles. The van der Waals surface area contributed by atoms with E-state index >= 15 is 0 Å². The Morgan fingerprint density at radius 3 is 2.47 bits per heavy atom. The van der Waals surface area contributed by atoms with Crippen LogP contribution in [0.3, 0.4) is 0 Å². The third-order valence-corrected chi connectivity index (χ3v) is 6.81. The fourth-order valence-corrected chi connectivity index (χ4v) is 4.66. The maximum absolute atomic E-state index is 12.7. The van der Waals surface area contributed by atoms with Crippen LogP contribution in [0, 0.1) is 0 Å². The van der Waals surface area contributed by atoms with Crippen LogP contribution in [-0.4, -0.2) is 61.5 Å². The Morgan fingerprint density at radius 1 is 1.03 bits per heavy atom. The molecular formula is C26H39N3O. The Morgan fingerprint density at radius 2 is 1.73 bits per heavy atom. The standard InChI is InChI=1S/C26H39N3O/c1-4-28(5-2)20-25(30)27-21-26(3,16-19-29-17-9-6-10-18-29)24-15-11-13-22-12-7-8-14-23(22)24/h7-8,11-15H,4-6,9-10,16-21H2,1-3H3,(H,27,30). The molecule has 4 nitrogen and oxygen atoms in total. The molecule has 0 aliphatic carbocycles. The van der Waals surface area contributed by atoms with Gasteiger partial charge in [-0.3, -0.25) is 9.69 Å². The van der Waals surface area contributed by atoms with Crippen molar-refractivity contribution in [2.75, 3.05) is 45.8 Å². The molecule has 1 N–H and O–H groups in total. The van der Waals surface area contributed by atoms with E-state index in [0.717, 1.165) is 26.1 Å². The summed E-state index contributed by atoms with van der Waals surface area (Å²) in [5, 5.41) is 5.85. The predicted octanol–water partition coefficient (Wildman–Crippen LogP) is 4.43. The van der Waals surface area contributed by atoms with Gasteiger partial charge in [0.25, 0.3) is 0 Å². The predicted molar refractivity (Wildman–Crippen MR) is 127 cm³/mol. The lowest BCUT2D eigenvalue weighted by atomic mass is 9.77. The minimum Gasteiger partial charge on any atom is -0.354 e. The molecule has 4 heteroatoms. The summed E-state index contributed by atoms with van der Waals surface area (Å²) in [6.07, 6.45) is 5.03. The first-order chi connectivity index (χ1) is 14.6. The molecule has 1 saturated heterocycles. The number of nitrogens with zero attached hydrogens (tertiary/aromatic N) is 2. The van der Waals surface area contributed by atoms with Gasteiger partial charge >= 0.3 is 0 Å². The monoisotopic (exact) mass is 409 g/mol. The Bertz CT molecular complexity index is 806. The Hall–Kier alpha value is -1.91. The molecule has 1 unspecified atom stereocenters. The summed E-state index contributed by atoms with van der Waals surface area (Å²) < 4.78 is 0. The first-order valence-electron chi connectivity index (χ1n) is 11.8. The molecule has 0 aromatic heterocycles. The minimum atomic E-state index is -0.1000. The molecule has 2 aromatic rings. The highest BCUT2D eigenvalue weighted by Crippen LogP contribution is 2.33. The normalized spacial score (nSPS) is 17.2. The zero-order valence-electron chi connectivity index (χ0n) is 19.1. The van der Waals surface area contributed by atoms with E-state index in [9.17, 15) is 4.79 Å². The molecule has 1 heterocycles. The summed E-state index contributed by atoms with van der Waals surface area (Å²) in [6.45, 7) is 13.0. The summed E-state index contributed by atoms with van der Waals surface area (Å²) in [5.41, 5.74) is 1.25. The number of piperidine rings is 1. The van der Waals surface area contributed by atoms with Crippen molar-refractivity contribution in [1.29, 1.82) is 0 Å². The van der Waals surface area contributed by atoms with Crippen molar-refractivity contribution >= 4 is 16.7 Å². The third kappa shape index (κ3) is 5.83. The van der Waals surface area contributed by atoms with Crippen LogP contribution in [-0.2, 0) is 10.2 Å². The van der Waals surface area contributed by atoms with Gasteiger partial charge in [0, 0.05) is 12.0 Å². The highest BCUT2D eigenvalue weighted by atomic mass is 16.2. The second-order valence-electron chi connectivity index (χ2n) is 8.98. The van der Waals surface area contributed by atoms with Crippen LogP contribution in [0.1, 0.15) is 52.0 Å². The number of fused-ring (bicyclic) bond motifs is 1. The summed E-state index contributed by atoms with van der Waals surface area (Å²) in [6, 6.07) is 15.2. The van der Waals surface area contributed by atoms with E-state index in [-0.39, 0.29) is 11.3 Å². The van der Waals surface area contributed by atoms with Crippen LogP contribution in [0.15, 0.2) is 42.5 Å². The lowest BCUT2D eigenvalue weighted by molar-refractivity contribution is -0.122. The second kappa shape index (κ2) is 10.9. The van der Waals surface area contributed by atoms with Crippen LogP contribution >= 0.6 is 0 Å². The summed E-state index contributed by atoms with van der Waals surface area (Å²) in [7, 11) is 0. The molecule has 1 aliphatic heterocycles. The van der Waals surface area contributed by atoms with Crippen molar-refractivity contribution in [2.24, 2.45) is 0 Å². The molecule has 1 amide bonds. The molecule has 2 aromatic carbocycles. The summed E-state index contributed by atoms with van der Waals surface area (Å²) in [5.74, 6) is 0.128.